The summed E-state index contributed by atoms with van der Waals surface area (Å²) in [6, 6.07) is 8.06. The van der Waals surface area contributed by atoms with E-state index in [0.717, 1.165) is 5.56 Å². The summed E-state index contributed by atoms with van der Waals surface area (Å²) in [6.45, 7) is 2.08. The van der Waals surface area contributed by atoms with Gasteiger partial charge in [0.25, 0.3) is 0 Å². The molecule has 0 radical (unpaired) electrons. The molecule has 0 saturated carbocycles. The number of rotatable bonds is 1. The molecule has 0 aliphatic rings. The number of pyridine rings is 1. The quantitative estimate of drug-likeness (QED) is 0.751. The average molecular weight is 190 g/mol. The third-order valence-electron chi connectivity index (χ3n) is 1.84. The summed E-state index contributed by atoms with van der Waals surface area (Å²) in [4.78, 5) is 6.52. The second-order valence-corrected chi connectivity index (χ2v) is 4.13. The van der Waals surface area contributed by atoms with Crippen LogP contribution in [0.3, 0.4) is 0 Å². The number of hydrogen-bond acceptors (Lipinski definition) is 3. The lowest BCUT2D eigenvalue weighted by Crippen LogP contribution is -1.91. The minimum Gasteiger partial charge on any atom is -0.383 e. The lowest BCUT2D eigenvalue weighted by molar-refractivity contribution is 1.34. The van der Waals surface area contributed by atoms with E-state index in [0.29, 0.717) is 5.82 Å². The van der Waals surface area contributed by atoms with Gasteiger partial charge in [0.15, 0.2) is 0 Å². The van der Waals surface area contributed by atoms with Crippen LogP contribution < -0.4 is 5.73 Å². The van der Waals surface area contributed by atoms with E-state index in [2.05, 4.69) is 24.0 Å². The Morgan fingerprint density at radius 1 is 1.31 bits per heavy atom. The van der Waals surface area contributed by atoms with Crippen LogP contribution in [0.2, 0.25) is 0 Å². The van der Waals surface area contributed by atoms with Crippen molar-refractivity contribution in [1.82, 2.24) is 4.98 Å². The number of hydrogen-bond donors (Lipinski definition) is 1. The van der Waals surface area contributed by atoms with Gasteiger partial charge < -0.3 is 5.73 Å². The first kappa shape index (κ1) is 8.26. The zero-order valence-electron chi connectivity index (χ0n) is 7.32. The predicted octanol–water partition coefficient (Wildman–Crippen LogP) is 2.70. The smallest absolute Gasteiger partial charge is 0.132 e. The first-order valence-corrected chi connectivity index (χ1v) is 4.86. The molecule has 2 N–H and O–H groups in total. The molecule has 2 aromatic rings. The summed E-state index contributed by atoms with van der Waals surface area (Å²) in [5.41, 5.74) is 6.79. The second-order valence-electron chi connectivity index (χ2n) is 2.85. The van der Waals surface area contributed by atoms with Crippen molar-refractivity contribution >= 4 is 17.2 Å². The molecule has 0 aromatic carbocycles. The van der Waals surface area contributed by atoms with Gasteiger partial charge in [0.2, 0.25) is 0 Å². The number of nitrogens with zero attached hydrogens (tertiary/aromatic N) is 1. The molecule has 0 aliphatic heterocycles. The fourth-order valence-electron chi connectivity index (χ4n) is 1.21. The molecule has 2 rings (SSSR count). The molecule has 0 saturated heterocycles. The maximum absolute atomic E-state index is 5.76. The molecule has 2 heterocycles. The van der Waals surface area contributed by atoms with E-state index in [-0.39, 0.29) is 0 Å². The van der Waals surface area contributed by atoms with Gasteiger partial charge in [-0.3, -0.25) is 0 Å². The third-order valence-corrected chi connectivity index (χ3v) is 2.88. The molecule has 66 valence electrons. The molecule has 0 fully saturated rings. The van der Waals surface area contributed by atoms with Gasteiger partial charge in [-0.05, 0) is 31.2 Å². The Morgan fingerprint density at radius 2 is 2.15 bits per heavy atom. The highest BCUT2D eigenvalue weighted by atomic mass is 32.1. The maximum atomic E-state index is 5.76. The van der Waals surface area contributed by atoms with Gasteiger partial charge in [0.05, 0.1) is 0 Å². The van der Waals surface area contributed by atoms with E-state index in [1.54, 1.807) is 17.5 Å². The van der Waals surface area contributed by atoms with Crippen molar-refractivity contribution in [2.45, 2.75) is 6.92 Å². The predicted molar refractivity (Wildman–Crippen MR) is 56.7 cm³/mol. The molecule has 0 spiro atoms. The van der Waals surface area contributed by atoms with Crippen LogP contribution in [0.1, 0.15) is 4.88 Å². The van der Waals surface area contributed by atoms with E-state index in [9.17, 15) is 0 Å². The summed E-state index contributed by atoms with van der Waals surface area (Å²) in [6.07, 6.45) is 1.71. The summed E-state index contributed by atoms with van der Waals surface area (Å²) in [7, 11) is 0. The van der Waals surface area contributed by atoms with Crippen molar-refractivity contribution in [3.05, 3.63) is 35.3 Å². The molecular formula is C10H10N2S. The Balaban J connectivity index is 2.52. The average Bonchev–Trinajstić information content (AvgIpc) is 2.53. The largest absolute Gasteiger partial charge is 0.383 e. The van der Waals surface area contributed by atoms with Gasteiger partial charge in [-0.2, -0.15) is 0 Å². The van der Waals surface area contributed by atoms with Gasteiger partial charge in [-0.25, -0.2) is 4.98 Å². The van der Waals surface area contributed by atoms with Crippen molar-refractivity contribution in [3.8, 4) is 10.4 Å². The third kappa shape index (κ3) is 1.55. The number of anilines is 1. The Labute approximate surface area is 81.1 Å². The number of nitrogen functional groups attached to an aromatic ring is 1. The van der Waals surface area contributed by atoms with Gasteiger partial charge in [-0.1, -0.05) is 0 Å². The highest BCUT2D eigenvalue weighted by Gasteiger charge is 2.03. The fourth-order valence-corrected chi connectivity index (χ4v) is 2.11. The monoisotopic (exact) mass is 190 g/mol. The standard InChI is InChI=1S/C10H10N2S/c1-7-4-5-9(13-7)8-3-2-6-12-10(8)11/h2-6H,1H3,(H2,11,12). The second kappa shape index (κ2) is 3.18. The van der Waals surface area contributed by atoms with Gasteiger partial charge in [0, 0.05) is 21.5 Å². The van der Waals surface area contributed by atoms with Crippen molar-refractivity contribution in [3.63, 3.8) is 0 Å². The lowest BCUT2D eigenvalue weighted by Gasteiger charge is -1.99. The van der Waals surface area contributed by atoms with Gasteiger partial charge in [-0.15, -0.1) is 11.3 Å². The van der Waals surface area contributed by atoms with E-state index >= 15 is 0 Å². The van der Waals surface area contributed by atoms with Crippen LogP contribution in [-0.2, 0) is 0 Å². The van der Waals surface area contributed by atoms with Crippen molar-refractivity contribution in [1.29, 1.82) is 0 Å². The fraction of sp³-hybridized carbons (Fsp3) is 0.100. The SMILES string of the molecule is Cc1ccc(-c2cccnc2N)s1. The van der Waals surface area contributed by atoms with E-state index in [1.807, 2.05) is 12.1 Å². The van der Waals surface area contributed by atoms with E-state index in [4.69, 9.17) is 5.73 Å². The zero-order chi connectivity index (χ0) is 9.26. The summed E-state index contributed by atoms with van der Waals surface area (Å²) >= 11 is 1.74. The Hall–Kier alpha value is -1.35. The number of aromatic nitrogens is 1. The molecule has 0 unspecified atom stereocenters. The molecule has 2 aromatic heterocycles. The minimum absolute atomic E-state index is 0.601. The number of thiophene rings is 1. The van der Waals surface area contributed by atoms with Gasteiger partial charge >= 0.3 is 0 Å². The van der Waals surface area contributed by atoms with Crippen molar-refractivity contribution < 1.29 is 0 Å². The molecule has 0 aliphatic carbocycles. The van der Waals surface area contributed by atoms with Crippen LogP contribution >= 0.6 is 11.3 Å². The normalized spacial score (nSPS) is 10.2. The Kier molecular flexibility index (Phi) is 2.02. The molecule has 13 heavy (non-hydrogen) atoms. The van der Waals surface area contributed by atoms with Crippen LogP contribution in [0.15, 0.2) is 30.5 Å². The zero-order valence-corrected chi connectivity index (χ0v) is 8.14. The topological polar surface area (TPSA) is 38.9 Å². The summed E-state index contributed by atoms with van der Waals surface area (Å²) in [5.74, 6) is 0.601. The highest BCUT2D eigenvalue weighted by molar-refractivity contribution is 7.15. The lowest BCUT2D eigenvalue weighted by atomic mass is 10.2. The minimum atomic E-state index is 0.601. The number of aryl methyl sites for hydroxylation is 1. The Morgan fingerprint density at radius 3 is 2.77 bits per heavy atom. The summed E-state index contributed by atoms with van der Waals surface area (Å²) < 4.78 is 0. The number of nitrogens with two attached hydrogens (primary N) is 1. The van der Waals surface area contributed by atoms with Crippen LogP contribution in [0.5, 0.6) is 0 Å². The van der Waals surface area contributed by atoms with E-state index in [1.165, 1.54) is 9.75 Å². The molecule has 0 atom stereocenters. The van der Waals surface area contributed by atoms with Crippen molar-refractivity contribution in [2.24, 2.45) is 0 Å². The molecule has 0 amide bonds. The first-order valence-electron chi connectivity index (χ1n) is 4.04. The van der Waals surface area contributed by atoms with Crippen LogP contribution in [0, 0.1) is 6.92 Å². The van der Waals surface area contributed by atoms with Gasteiger partial charge in [0.1, 0.15) is 5.82 Å². The van der Waals surface area contributed by atoms with E-state index < -0.39 is 0 Å². The maximum Gasteiger partial charge on any atom is 0.132 e. The Bertz CT molecular complexity index is 420. The van der Waals surface area contributed by atoms with Crippen LogP contribution in [-0.4, -0.2) is 4.98 Å². The molecule has 0 bridgehead atoms. The molecule has 2 nitrogen and oxygen atoms in total. The molecular weight excluding hydrogens is 180 g/mol. The van der Waals surface area contributed by atoms with Crippen LogP contribution in [0.4, 0.5) is 5.82 Å². The first-order chi connectivity index (χ1) is 6.27. The highest BCUT2D eigenvalue weighted by Crippen LogP contribution is 2.30. The van der Waals surface area contributed by atoms with Crippen molar-refractivity contribution in [2.75, 3.05) is 5.73 Å². The van der Waals surface area contributed by atoms with Crippen LogP contribution in [0.25, 0.3) is 10.4 Å². The molecule has 3 heteroatoms. The summed E-state index contributed by atoms with van der Waals surface area (Å²) in [5, 5.41) is 0.